The minimum atomic E-state index is -1.05. The largest absolute Gasteiger partial charge is 0.480 e. The molecule has 1 aliphatic heterocycles. The number of carboxylic acid groups (broad SMARTS) is 1. The van der Waals surface area contributed by atoms with Gasteiger partial charge in [-0.3, -0.25) is 4.79 Å². The third kappa shape index (κ3) is 6.45. The summed E-state index contributed by atoms with van der Waals surface area (Å²) in [5, 5.41) is 18.5. The summed E-state index contributed by atoms with van der Waals surface area (Å²) in [6.45, 7) is 4.47. The quantitative estimate of drug-likeness (QED) is 0.464. The molecule has 5 atom stereocenters. The number of aliphatic carboxylic acids is 1. The number of amides is 2. The first-order valence-corrected chi connectivity index (χ1v) is 11.6. The molecule has 1 saturated carbocycles. The van der Waals surface area contributed by atoms with Crippen LogP contribution in [0.3, 0.4) is 0 Å². The minimum absolute atomic E-state index is 0.0914. The van der Waals surface area contributed by atoms with E-state index >= 15 is 0 Å². The second-order valence-corrected chi connectivity index (χ2v) is 9.29. The van der Waals surface area contributed by atoms with E-state index in [1.54, 1.807) is 13.8 Å². The van der Waals surface area contributed by atoms with Gasteiger partial charge in [0.1, 0.15) is 18.7 Å². The molecule has 1 heterocycles. The lowest BCUT2D eigenvalue weighted by atomic mass is 9.77. The average molecular weight is 446 g/mol. The molecule has 4 N–H and O–H groups in total. The molecule has 0 bridgehead atoms. The van der Waals surface area contributed by atoms with Crippen molar-refractivity contribution < 1.29 is 24.2 Å². The van der Waals surface area contributed by atoms with E-state index in [9.17, 15) is 19.5 Å². The van der Waals surface area contributed by atoms with Crippen LogP contribution in [0, 0.1) is 17.8 Å². The molecule has 2 fully saturated rings. The Kier molecular flexibility index (Phi) is 8.50. The molecule has 3 rings (SSSR count). The molecule has 1 saturated heterocycles. The number of carbonyl (C=O) groups excluding carboxylic acids is 2. The van der Waals surface area contributed by atoms with Crippen molar-refractivity contribution >= 4 is 18.0 Å². The van der Waals surface area contributed by atoms with Gasteiger partial charge < -0.3 is 25.8 Å². The Balaban J connectivity index is 1.55. The van der Waals surface area contributed by atoms with Crippen molar-refractivity contribution in [1.29, 1.82) is 0 Å². The molecule has 1 aromatic rings. The second kappa shape index (κ2) is 11.3. The summed E-state index contributed by atoms with van der Waals surface area (Å²) < 4.78 is 5.22. The summed E-state index contributed by atoms with van der Waals surface area (Å²) in [5.41, 5.74) is 0.838. The molecule has 32 heavy (non-hydrogen) atoms. The van der Waals surface area contributed by atoms with Crippen molar-refractivity contribution in [3.8, 4) is 0 Å². The monoisotopic (exact) mass is 445 g/mol. The van der Waals surface area contributed by atoms with Crippen molar-refractivity contribution in [3.63, 3.8) is 0 Å². The summed E-state index contributed by atoms with van der Waals surface area (Å²) in [6.07, 6.45) is 4.30. The number of hydrogen-bond acceptors (Lipinski definition) is 5. The first-order valence-electron chi connectivity index (χ1n) is 11.6. The zero-order valence-corrected chi connectivity index (χ0v) is 18.9. The molecule has 0 radical (unpaired) electrons. The Morgan fingerprint density at radius 2 is 1.84 bits per heavy atom. The number of carbonyl (C=O) groups is 3. The molecular formula is C24H35N3O5. The Hall–Kier alpha value is -2.61. The van der Waals surface area contributed by atoms with E-state index in [1.165, 1.54) is 12.8 Å². The van der Waals surface area contributed by atoms with Crippen molar-refractivity contribution in [2.45, 2.75) is 70.7 Å². The topological polar surface area (TPSA) is 117 Å². The minimum Gasteiger partial charge on any atom is -0.480 e. The molecular weight excluding hydrogens is 410 g/mol. The van der Waals surface area contributed by atoms with Gasteiger partial charge in [-0.25, -0.2) is 9.59 Å². The molecule has 176 valence electrons. The van der Waals surface area contributed by atoms with Crippen LogP contribution < -0.4 is 16.0 Å². The first kappa shape index (κ1) is 24.0. The van der Waals surface area contributed by atoms with Crippen LogP contribution in [0.4, 0.5) is 4.79 Å². The zero-order chi connectivity index (χ0) is 23.1. The molecule has 0 spiro atoms. The van der Waals surface area contributed by atoms with Crippen LogP contribution in [-0.4, -0.2) is 47.7 Å². The van der Waals surface area contributed by atoms with Crippen molar-refractivity contribution in [2.75, 3.05) is 6.54 Å². The predicted octanol–water partition coefficient (Wildman–Crippen LogP) is 2.68. The van der Waals surface area contributed by atoms with Gasteiger partial charge in [-0.1, -0.05) is 57.0 Å². The summed E-state index contributed by atoms with van der Waals surface area (Å²) >= 11 is 0. The van der Waals surface area contributed by atoms with Gasteiger partial charge in [0, 0.05) is 6.04 Å². The third-order valence-corrected chi connectivity index (χ3v) is 6.66. The van der Waals surface area contributed by atoms with Crippen LogP contribution in [0.2, 0.25) is 0 Å². The van der Waals surface area contributed by atoms with Crippen LogP contribution >= 0.6 is 0 Å². The van der Waals surface area contributed by atoms with E-state index < -0.39 is 30.1 Å². The summed E-state index contributed by atoms with van der Waals surface area (Å²) in [6, 6.07) is 7.84. The number of hydrogen-bond donors (Lipinski definition) is 4. The van der Waals surface area contributed by atoms with Gasteiger partial charge in [-0.2, -0.15) is 0 Å². The normalized spacial score (nSPS) is 24.3. The molecule has 1 aromatic carbocycles. The molecule has 2 aliphatic rings. The molecule has 2 amide bonds. The van der Waals surface area contributed by atoms with Crippen LogP contribution in [0.5, 0.6) is 0 Å². The fourth-order valence-electron chi connectivity index (χ4n) is 4.90. The van der Waals surface area contributed by atoms with Crippen molar-refractivity contribution in [3.05, 3.63) is 35.9 Å². The predicted molar refractivity (Wildman–Crippen MR) is 120 cm³/mol. The lowest BCUT2D eigenvalue weighted by molar-refractivity contribution is -0.142. The molecule has 8 nitrogen and oxygen atoms in total. The number of rotatable bonds is 9. The van der Waals surface area contributed by atoms with Crippen LogP contribution in [0.15, 0.2) is 30.3 Å². The van der Waals surface area contributed by atoms with E-state index in [2.05, 4.69) is 16.0 Å². The lowest BCUT2D eigenvalue weighted by Gasteiger charge is -2.30. The maximum absolute atomic E-state index is 12.9. The Morgan fingerprint density at radius 3 is 2.53 bits per heavy atom. The van der Waals surface area contributed by atoms with Crippen molar-refractivity contribution in [1.82, 2.24) is 16.0 Å². The maximum atomic E-state index is 12.9. The third-order valence-electron chi connectivity index (χ3n) is 6.66. The van der Waals surface area contributed by atoms with E-state index in [0.29, 0.717) is 18.4 Å². The number of carboxylic acids is 1. The smallest absolute Gasteiger partial charge is 0.408 e. The van der Waals surface area contributed by atoms with Crippen LogP contribution in [0.25, 0.3) is 0 Å². The number of fused-ring (bicyclic) bond motifs is 1. The number of nitrogens with one attached hydrogen (secondary N) is 3. The fourth-order valence-corrected chi connectivity index (χ4v) is 4.90. The molecule has 8 heteroatoms. The summed E-state index contributed by atoms with van der Waals surface area (Å²) in [7, 11) is 0. The van der Waals surface area contributed by atoms with Crippen LogP contribution in [0.1, 0.15) is 51.5 Å². The zero-order valence-electron chi connectivity index (χ0n) is 18.9. The highest BCUT2D eigenvalue weighted by atomic mass is 16.5. The lowest BCUT2D eigenvalue weighted by Crippen LogP contribution is -2.54. The van der Waals surface area contributed by atoms with Gasteiger partial charge >= 0.3 is 12.1 Å². The van der Waals surface area contributed by atoms with E-state index in [4.69, 9.17) is 4.74 Å². The van der Waals surface area contributed by atoms with Gasteiger partial charge in [0.2, 0.25) is 5.91 Å². The Morgan fingerprint density at radius 1 is 1.12 bits per heavy atom. The van der Waals surface area contributed by atoms with Gasteiger partial charge in [0.15, 0.2) is 0 Å². The highest BCUT2D eigenvalue weighted by Crippen LogP contribution is 2.36. The second-order valence-electron chi connectivity index (χ2n) is 9.29. The average Bonchev–Trinajstić information content (AvgIpc) is 3.19. The van der Waals surface area contributed by atoms with Gasteiger partial charge in [-0.05, 0) is 49.1 Å². The summed E-state index contributed by atoms with van der Waals surface area (Å²) in [4.78, 5) is 37.1. The first-order chi connectivity index (χ1) is 15.3. The number of benzene rings is 1. The van der Waals surface area contributed by atoms with Gasteiger partial charge in [0.25, 0.3) is 0 Å². The standard InChI is InChI=1S/C24H35N3O5/c1-15(2)21(27-24(31)32-14-16-8-4-3-5-9-16)22(28)26-20(23(29)30)12-17-13-25-19-11-7-6-10-18(17)19/h3-5,8-9,15,17-21,25H,6-7,10-14H2,1-2H3,(H,26,28)(H,27,31)(H,29,30). The Labute approximate surface area is 189 Å². The number of ether oxygens (including phenoxy) is 1. The molecule has 0 aromatic heterocycles. The fraction of sp³-hybridized carbons (Fsp3) is 0.625. The van der Waals surface area contributed by atoms with E-state index in [0.717, 1.165) is 24.9 Å². The molecule has 1 aliphatic carbocycles. The van der Waals surface area contributed by atoms with Crippen LogP contribution in [-0.2, 0) is 20.9 Å². The Bertz CT molecular complexity index is 785. The van der Waals surface area contributed by atoms with E-state index in [-0.39, 0.29) is 18.4 Å². The van der Waals surface area contributed by atoms with E-state index in [1.807, 2.05) is 30.3 Å². The number of alkyl carbamates (subject to hydrolysis) is 1. The van der Waals surface area contributed by atoms with Crippen molar-refractivity contribution in [2.24, 2.45) is 17.8 Å². The van der Waals surface area contributed by atoms with Gasteiger partial charge in [0.05, 0.1) is 0 Å². The molecule has 5 unspecified atom stereocenters. The highest BCUT2D eigenvalue weighted by Gasteiger charge is 2.40. The maximum Gasteiger partial charge on any atom is 0.408 e. The highest BCUT2D eigenvalue weighted by molar-refractivity contribution is 5.89. The summed E-state index contributed by atoms with van der Waals surface area (Å²) in [5.74, 6) is -1.09. The SMILES string of the molecule is CC(C)C(NC(=O)OCc1ccccc1)C(=O)NC(CC1CNC2CCCCC12)C(=O)O. The van der Waals surface area contributed by atoms with Gasteiger partial charge in [-0.15, -0.1) is 0 Å².